The van der Waals surface area contributed by atoms with Gasteiger partial charge in [0, 0.05) is 18.3 Å². The molecule has 108 valence electrons. The van der Waals surface area contributed by atoms with Crippen molar-refractivity contribution in [2.75, 3.05) is 5.73 Å². The highest BCUT2D eigenvalue weighted by atomic mass is 16.3. The topological polar surface area (TPSA) is 107 Å². The molecule has 0 aromatic carbocycles. The number of anilines is 1. The first-order chi connectivity index (χ1) is 10.8. The van der Waals surface area contributed by atoms with Crippen LogP contribution in [0, 0.1) is 0 Å². The summed E-state index contributed by atoms with van der Waals surface area (Å²) >= 11 is 0. The Bertz CT molecular complexity index is 914. The number of hydrogen-bond donors (Lipinski definition) is 2. The van der Waals surface area contributed by atoms with Crippen molar-refractivity contribution in [3.05, 3.63) is 54.3 Å². The van der Waals surface area contributed by atoms with E-state index in [0.29, 0.717) is 35.0 Å². The Balaban J connectivity index is 1.76. The number of H-pyrrole nitrogens is 1. The summed E-state index contributed by atoms with van der Waals surface area (Å²) < 4.78 is 5.30. The van der Waals surface area contributed by atoms with Crippen LogP contribution in [0.4, 0.5) is 5.82 Å². The summed E-state index contributed by atoms with van der Waals surface area (Å²) in [4.78, 5) is 20.6. The number of nitrogens with one attached hydrogen (secondary N) is 1. The molecular weight excluding hydrogens is 280 g/mol. The second kappa shape index (κ2) is 4.96. The number of nitrogens with zero attached hydrogens (tertiary/aromatic N) is 4. The molecular formula is C15H12N6O. The molecule has 0 aliphatic rings. The number of fused-ring (bicyclic) bond motifs is 1. The summed E-state index contributed by atoms with van der Waals surface area (Å²) in [6.45, 7) is 0. The highest BCUT2D eigenvalue weighted by Crippen LogP contribution is 2.22. The maximum absolute atomic E-state index is 5.98. The lowest BCUT2D eigenvalue weighted by atomic mass is 10.3. The highest BCUT2D eigenvalue weighted by Gasteiger charge is 2.13. The zero-order valence-corrected chi connectivity index (χ0v) is 11.5. The third-order valence-corrected chi connectivity index (χ3v) is 3.24. The molecule has 0 saturated heterocycles. The van der Waals surface area contributed by atoms with Crippen molar-refractivity contribution in [1.82, 2.24) is 24.9 Å². The molecule has 22 heavy (non-hydrogen) atoms. The highest BCUT2D eigenvalue weighted by molar-refractivity contribution is 5.83. The molecule has 0 unspecified atom stereocenters. The maximum Gasteiger partial charge on any atom is 0.199 e. The quantitative estimate of drug-likeness (QED) is 0.599. The second-order valence-electron chi connectivity index (χ2n) is 4.79. The van der Waals surface area contributed by atoms with Crippen LogP contribution in [0.2, 0.25) is 0 Å². The zero-order chi connectivity index (χ0) is 14.9. The number of nitrogen functional groups attached to an aromatic ring is 1. The van der Waals surface area contributed by atoms with Gasteiger partial charge in [-0.1, -0.05) is 6.07 Å². The lowest BCUT2D eigenvalue weighted by molar-refractivity contribution is 0.577. The van der Waals surface area contributed by atoms with Crippen LogP contribution in [0.3, 0.4) is 0 Å². The molecule has 0 saturated carbocycles. The number of hydrogen-bond acceptors (Lipinski definition) is 6. The Hall–Kier alpha value is -3.22. The minimum absolute atomic E-state index is 0.319. The Morgan fingerprint density at radius 1 is 1.09 bits per heavy atom. The van der Waals surface area contributed by atoms with E-state index in [4.69, 9.17) is 10.2 Å². The zero-order valence-electron chi connectivity index (χ0n) is 11.5. The van der Waals surface area contributed by atoms with Crippen molar-refractivity contribution in [1.29, 1.82) is 0 Å². The van der Waals surface area contributed by atoms with E-state index in [-0.39, 0.29) is 0 Å². The van der Waals surface area contributed by atoms with Crippen molar-refractivity contribution in [3.8, 4) is 11.6 Å². The normalized spacial score (nSPS) is 11.1. The molecule has 7 heteroatoms. The Morgan fingerprint density at radius 3 is 2.82 bits per heavy atom. The molecule has 4 rings (SSSR count). The molecule has 0 amide bonds. The molecule has 0 radical (unpaired) electrons. The first-order valence-electron chi connectivity index (χ1n) is 6.75. The van der Waals surface area contributed by atoms with Gasteiger partial charge in [0.25, 0.3) is 0 Å². The standard InChI is InChI=1S/C15H12N6O/c16-13-12-15(21-14(20-13)10-5-3-7-22-10)19-11(18-12)8-9-4-1-2-6-17-9/h1-7H,8H2,(H3,16,18,19,20,21). The monoisotopic (exact) mass is 292 g/mol. The molecule has 0 atom stereocenters. The molecule has 0 fully saturated rings. The van der Waals surface area contributed by atoms with Crippen LogP contribution in [0.15, 0.2) is 47.2 Å². The number of nitrogens with two attached hydrogens (primary N) is 1. The van der Waals surface area contributed by atoms with Gasteiger partial charge in [0.05, 0.1) is 6.26 Å². The summed E-state index contributed by atoms with van der Waals surface area (Å²) in [5, 5.41) is 0. The van der Waals surface area contributed by atoms with Crippen molar-refractivity contribution in [3.63, 3.8) is 0 Å². The number of imidazole rings is 1. The van der Waals surface area contributed by atoms with E-state index >= 15 is 0 Å². The number of rotatable bonds is 3. The van der Waals surface area contributed by atoms with E-state index in [1.807, 2.05) is 18.2 Å². The van der Waals surface area contributed by atoms with E-state index in [2.05, 4.69) is 24.9 Å². The molecule has 0 spiro atoms. The van der Waals surface area contributed by atoms with Crippen molar-refractivity contribution >= 4 is 17.0 Å². The molecule has 7 nitrogen and oxygen atoms in total. The fraction of sp³-hybridized carbons (Fsp3) is 0.0667. The minimum atomic E-state index is 0.319. The van der Waals surface area contributed by atoms with E-state index in [1.54, 1.807) is 24.6 Å². The SMILES string of the molecule is Nc1nc(-c2ccco2)nc2[nH]c(Cc3ccccn3)nc12. The van der Waals surface area contributed by atoms with Crippen molar-refractivity contribution in [2.24, 2.45) is 0 Å². The molecule has 0 aliphatic heterocycles. The third kappa shape index (κ3) is 2.18. The number of furan rings is 1. The molecule has 4 heterocycles. The van der Waals surface area contributed by atoms with Crippen LogP contribution >= 0.6 is 0 Å². The van der Waals surface area contributed by atoms with Crippen LogP contribution in [0.1, 0.15) is 11.5 Å². The molecule has 0 bridgehead atoms. The van der Waals surface area contributed by atoms with Gasteiger partial charge < -0.3 is 15.1 Å². The second-order valence-corrected chi connectivity index (χ2v) is 4.79. The van der Waals surface area contributed by atoms with E-state index in [1.165, 1.54) is 0 Å². The largest absolute Gasteiger partial charge is 0.461 e. The van der Waals surface area contributed by atoms with Gasteiger partial charge in [-0.15, -0.1) is 0 Å². The third-order valence-electron chi connectivity index (χ3n) is 3.24. The van der Waals surface area contributed by atoms with Gasteiger partial charge in [0.1, 0.15) is 11.3 Å². The lowest BCUT2D eigenvalue weighted by Gasteiger charge is -1.97. The van der Waals surface area contributed by atoms with Crippen LogP contribution in [0.5, 0.6) is 0 Å². The summed E-state index contributed by atoms with van der Waals surface area (Å²) in [5.74, 6) is 2.06. The van der Waals surface area contributed by atoms with Crippen molar-refractivity contribution < 1.29 is 4.42 Å². The number of pyridine rings is 1. The molecule has 4 aromatic rings. The molecule has 3 N–H and O–H groups in total. The van der Waals surface area contributed by atoms with Gasteiger partial charge in [0.2, 0.25) is 0 Å². The summed E-state index contributed by atoms with van der Waals surface area (Å²) in [5.41, 5.74) is 8.04. The van der Waals surface area contributed by atoms with Crippen LogP contribution < -0.4 is 5.73 Å². The van der Waals surface area contributed by atoms with E-state index in [0.717, 1.165) is 11.5 Å². The minimum Gasteiger partial charge on any atom is -0.461 e. The smallest absolute Gasteiger partial charge is 0.199 e. The summed E-state index contributed by atoms with van der Waals surface area (Å²) in [7, 11) is 0. The van der Waals surface area contributed by atoms with Crippen LogP contribution in [0.25, 0.3) is 22.7 Å². The van der Waals surface area contributed by atoms with Crippen molar-refractivity contribution in [2.45, 2.75) is 6.42 Å². The van der Waals surface area contributed by atoms with Crippen LogP contribution in [-0.4, -0.2) is 24.9 Å². The predicted molar refractivity (Wildman–Crippen MR) is 80.8 cm³/mol. The summed E-state index contributed by atoms with van der Waals surface area (Å²) in [6, 6.07) is 9.32. The van der Waals surface area contributed by atoms with Gasteiger partial charge in [-0.05, 0) is 24.3 Å². The van der Waals surface area contributed by atoms with Gasteiger partial charge in [-0.3, -0.25) is 4.98 Å². The van der Waals surface area contributed by atoms with Gasteiger partial charge in [-0.2, -0.15) is 0 Å². The first-order valence-corrected chi connectivity index (χ1v) is 6.75. The average Bonchev–Trinajstić information content (AvgIpc) is 3.17. The molecule has 0 aliphatic carbocycles. The lowest BCUT2D eigenvalue weighted by Crippen LogP contribution is -1.96. The maximum atomic E-state index is 5.98. The number of aromatic amines is 1. The number of aromatic nitrogens is 5. The average molecular weight is 292 g/mol. The molecule has 4 aromatic heterocycles. The van der Waals surface area contributed by atoms with Gasteiger partial charge >= 0.3 is 0 Å². The Labute approximate surface area is 125 Å². The van der Waals surface area contributed by atoms with Crippen LogP contribution in [-0.2, 0) is 6.42 Å². The first kappa shape index (κ1) is 12.5. The van der Waals surface area contributed by atoms with E-state index in [9.17, 15) is 0 Å². The predicted octanol–water partition coefficient (Wildman–Crippen LogP) is 2.18. The van der Waals surface area contributed by atoms with Gasteiger partial charge in [0.15, 0.2) is 23.0 Å². The van der Waals surface area contributed by atoms with Gasteiger partial charge in [-0.25, -0.2) is 15.0 Å². The fourth-order valence-corrected chi connectivity index (χ4v) is 2.24. The summed E-state index contributed by atoms with van der Waals surface area (Å²) in [6.07, 6.45) is 3.90. The fourth-order valence-electron chi connectivity index (χ4n) is 2.24. The van der Waals surface area contributed by atoms with E-state index < -0.39 is 0 Å². The Morgan fingerprint density at radius 2 is 2.05 bits per heavy atom. The Kier molecular flexibility index (Phi) is 2.82.